The van der Waals surface area contributed by atoms with Crippen LogP contribution in [-0.2, 0) is 6.54 Å². The third-order valence-corrected chi connectivity index (χ3v) is 3.02. The smallest absolute Gasteiger partial charge is 0.0541 e. The van der Waals surface area contributed by atoms with E-state index in [2.05, 4.69) is 57.9 Å². The molecule has 0 aromatic carbocycles. The highest BCUT2D eigenvalue weighted by atomic mass is 14.9. The number of pyridine rings is 1. The molecule has 0 aliphatic carbocycles. The van der Waals surface area contributed by atoms with Gasteiger partial charge in [0.25, 0.3) is 0 Å². The Labute approximate surface area is 119 Å². The fraction of sp³-hybridized carbons (Fsp3) is 0.706. The zero-order valence-corrected chi connectivity index (χ0v) is 13.5. The maximum Gasteiger partial charge on any atom is 0.0541 e. The predicted octanol–water partition coefficient (Wildman–Crippen LogP) is 4.41. The molecule has 108 valence electrons. The van der Waals surface area contributed by atoms with Crippen molar-refractivity contribution in [3.8, 4) is 0 Å². The summed E-state index contributed by atoms with van der Waals surface area (Å²) in [4.78, 5) is 4.38. The molecule has 1 heterocycles. The summed E-state index contributed by atoms with van der Waals surface area (Å²) in [6.07, 6.45) is 4.24. The molecule has 2 nitrogen and oxygen atoms in total. The van der Waals surface area contributed by atoms with Gasteiger partial charge in [0, 0.05) is 18.8 Å². The monoisotopic (exact) mass is 262 g/mol. The minimum absolute atomic E-state index is 0.354. The Bertz CT molecular complexity index is 341. The highest BCUT2D eigenvalue weighted by molar-refractivity contribution is 5.03. The first kappa shape index (κ1) is 16.2. The molecule has 1 N–H and O–H groups in total. The molecule has 0 spiro atoms. The molecule has 0 saturated carbocycles. The van der Waals surface area contributed by atoms with Gasteiger partial charge in [-0.15, -0.1) is 0 Å². The van der Waals surface area contributed by atoms with Gasteiger partial charge in [-0.05, 0) is 35.8 Å². The Morgan fingerprint density at radius 1 is 1.00 bits per heavy atom. The molecule has 2 heteroatoms. The van der Waals surface area contributed by atoms with Gasteiger partial charge in [-0.1, -0.05) is 47.6 Å². The van der Waals surface area contributed by atoms with E-state index in [1.807, 2.05) is 18.3 Å². The fourth-order valence-corrected chi connectivity index (χ4v) is 2.45. The van der Waals surface area contributed by atoms with Crippen molar-refractivity contribution in [3.05, 3.63) is 30.1 Å². The van der Waals surface area contributed by atoms with Crippen molar-refractivity contribution in [2.45, 2.75) is 67.0 Å². The van der Waals surface area contributed by atoms with Gasteiger partial charge in [0.1, 0.15) is 0 Å². The zero-order valence-electron chi connectivity index (χ0n) is 13.5. The first-order valence-electron chi connectivity index (χ1n) is 7.29. The Balaban J connectivity index is 2.59. The van der Waals surface area contributed by atoms with Gasteiger partial charge >= 0.3 is 0 Å². The van der Waals surface area contributed by atoms with E-state index >= 15 is 0 Å². The van der Waals surface area contributed by atoms with Gasteiger partial charge in [0.2, 0.25) is 0 Å². The van der Waals surface area contributed by atoms with Crippen LogP contribution in [0.25, 0.3) is 0 Å². The van der Waals surface area contributed by atoms with Gasteiger partial charge in [0.15, 0.2) is 0 Å². The molecule has 0 bridgehead atoms. The molecule has 0 saturated heterocycles. The lowest BCUT2D eigenvalue weighted by Crippen LogP contribution is -2.36. The average molecular weight is 262 g/mol. The van der Waals surface area contributed by atoms with Gasteiger partial charge < -0.3 is 5.32 Å². The predicted molar refractivity (Wildman–Crippen MR) is 83.0 cm³/mol. The normalized spacial score (nSPS) is 13.0. The van der Waals surface area contributed by atoms with Crippen LogP contribution in [0, 0.1) is 10.8 Å². The molecule has 0 aliphatic rings. The number of hydrogen-bond acceptors (Lipinski definition) is 2. The lowest BCUT2D eigenvalue weighted by Gasteiger charge is -2.31. The van der Waals surface area contributed by atoms with Crippen LogP contribution >= 0.6 is 0 Å². The van der Waals surface area contributed by atoms with Crippen LogP contribution in [0.1, 0.15) is 60.1 Å². The molecule has 0 amide bonds. The van der Waals surface area contributed by atoms with E-state index < -0.39 is 0 Å². The fourth-order valence-electron chi connectivity index (χ4n) is 2.45. The molecular formula is C17H30N2. The molecule has 1 aromatic heterocycles. The molecule has 0 fully saturated rings. The van der Waals surface area contributed by atoms with Crippen LogP contribution in [-0.4, -0.2) is 11.0 Å². The van der Waals surface area contributed by atoms with Gasteiger partial charge in [-0.25, -0.2) is 0 Å². The molecule has 0 atom stereocenters. The van der Waals surface area contributed by atoms with E-state index in [1.54, 1.807) is 0 Å². The van der Waals surface area contributed by atoms with Crippen LogP contribution in [0.15, 0.2) is 24.4 Å². The molecule has 0 unspecified atom stereocenters. The maximum atomic E-state index is 4.38. The summed E-state index contributed by atoms with van der Waals surface area (Å²) in [5.41, 5.74) is 1.83. The Morgan fingerprint density at radius 2 is 1.58 bits per heavy atom. The zero-order chi connectivity index (χ0) is 14.5. The third-order valence-electron chi connectivity index (χ3n) is 3.02. The second-order valence-electron chi connectivity index (χ2n) is 7.93. The number of hydrogen-bond donors (Lipinski definition) is 1. The third kappa shape index (κ3) is 7.99. The van der Waals surface area contributed by atoms with Gasteiger partial charge in [-0.3, -0.25) is 4.98 Å². The summed E-state index contributed by atoms with van der Waals surface area (Å²) < 4.78 is 0. The van der Waals surface area contributed by atoms with Crippen LogP contribution in [0.5, 0.6) is 0 Å². The Morgan fingerprint density at radius 3 is 2.00 bits per heavy atom. The van der Waals surface area contributed by atoms with E-state index in [9.17, 15) is 0 Å². The Kier molecular flexibility index (Phi) is 5.54. The minimum atomic E-state index is 0.354. The summed E-state index contributed by atoms with van der Waals surface area (Å²) in [5, 5.41) is 3.69. The topological polar surface area (TPSA) is 24.9 Å². The summed E-state index contributed by atoms with van der Waals surface area (Å²) in [6.45, 7) is 14.7. The SMILES string of the molecule is CC(C)(C)CC(CC(C)(C)C)NCc1ccccn1. The second-order valence-corrected chi connectivity index (χ2v) is 7.93. The first-order chi connectivity index (χ1) is 8.66. The lowest BCUT2D eigenvalue weighted by molar-refractivity contribution is 0.238. The van der Waals surface area contributed by atoms with E-state index in [1.165, 1.54) is 12.8 Å². The van der Waals surface area contributed by atoms with Crippen molar-refractivity contribution in [1.82, 2.24) is 10.3 Å². The summed E-state index contributed by atoms with van der Waals surface area (Å²) in [7, 11) is 0. The van der Waals surface area contributed by atoms with Crippen molar-refractivity contribution >= 4 is 0 Å². The molecular weight excluding hydrogens is 232 g/mol. The van der Waals surface area contributed by atoms with Crippen molar-refractivity contribution in [1.29, 1.82) is 0 Å². The lowest BCUT2D eigenvalue weighted by atomic mass is 9.80. The summed E-state index contributed by atoms with van der Waals surface area (Å²) in [5.74, 6) is 0. The quantitative estimate of drug-likeness (QED) is 0.850. The van der Waals surface area contributed by atoms with Crippen LogP contribution < -0.4 is 5.32 Å². The van der Waals surface area contributed by atoms with Gasteiger partial charge in [0.05, 0.1) is 5.69 Å². The summed E-state index contributed by atoms with van der Waals surface area (Å²) >= 11 is 0. The van der Waals surface area contributed by atoms with Crippen molar-refractivity contribution < 1.29 is 0 Å². The van der Waals surface area contributed by atoms with Crippen molar-refractivity contribution in [2.24, 2.45) is 10.8 Å². The highest BCUT2D eigenvalue weighted by Gasteiger charge is 2.23. The van der Waals surface area contributed by atoms with Crippen LogP contribution in [0.3, 0.4) is 0 Å². The highest BCUT2D eigenvalue weighted by Crippen LogP contribution is 2.28. The average Bonchev–Trinajstić information content (AvgIpc) is 2.23. The number of aromatic nitrogens is 1. The number of nitrogens with zero attached hydrogens (tertiary/aromatic N) is 1. The van der Waals surface area contributed by atoms with Crippen molar-refractivity contribution in [2.75, 3.05) is 0 Å². The largest absolute Gasteiger partial charge is 0.308 e. The molecule has 19 heavy (non-hydrogen) atoms. The molecule has 0 radical (unpaired) electrons. The standard InChI is InChI=1S/C17H30N2/c1-16(2,3)11-15(12-17(4,5)6)19-13-14-9-7-8-10-18-14/h7-10,15,19H,11-13H2,1-6H3. The number of nitrogens with one attached hydrogen (secondary N) is 1. The molecule has 1 aromatic rings. The first-order valence-corrected chi connectivity index (χ1v) is 7.29. The van der Waals surface area contributed by atoms with E-state index in [4.69, 9.17) is 0 Å². The summed E-state index contributed by atoms with van der Waals surface area (Å²) in [6, 6.07) is 6.64. The Hall–Kier alpha value is -0.890. The maximum absolute atomic E-state index is 4.38. The number of rotatable bonds is 5. The molecule has 0 aliphatic heterocycles. The van der Waals surface area contributed by atoms with Crippen LogP contribution in [0.4, 0.5) is 0 Å². The van der Waals surface area contributed by atoms with Crippen LogP contribution in [0.2, 0.25) is 0 Å². The van der Waals surface area contributed by atoms with E-state index in [0.717, 1.165) is 12.2 Å². The molecule has 1 rings (SSSR count). The van der Waals surface area contributed by atoms with E-state index in [-0.39, 0.29) is 0 Å². The van der Waals surface area contributed by atoms with Gasteiger partial charge in [-0.2, -0.15) is 0 Å². The second kappa shape index (κ2) is 6.51. The van der Waals surface area contributed by atoms with Crippen molar-refractivity contribution in [3.63, 3.8) is 0 Å². The minimum Gasteiger partial charge on any atom is -0.308 e. The van der Waals surface area contributed by atoms with E-state index in [0.29, 0.717) is 16.9 Å².